The minimum Gasteiger partial charge on any atom is -0.457 e. The first-order valence-electron chi connectivity index (χ1n) is 11.3. The van der Waals surface area contributed by atoms with Crippen molar-refractivity contribution in [1.29, 1.82) is 0 Å². The van der Waals surface area contributed by atoms with Crippen molar-refractivity contribution < 1.29 is 13.9 Å². The number of halogens is 1. The van der Waals surface area contributed by atoms with E-state index in [1.54, 1.807) is 29.2 Å². The van der Waals surface area contributed by atoms with Gasteiger partial charge >= 0.3 is 0 Å². The Morgan fingerprint density at radius 1 is 1.23 bits per heavy atom. The number of amides is 1. The van der Waals surface area contributed by atoms with Gasteiger partial charge in [0.15, 0.2) is 5.82 Å². The number of fused-ring (bicyclic) bond motifs is 1. The van der Waals surface area contributed by atoms with Crippen LogP contribution in [0.3, 0.4) is 0 Å². The zero-order valence-corrected chi connectivity index (χ0v) is 18.9. The lowest BCUT2D eigenvalue weighted by atomic mass is 9.90. The normalized spacial score (nSPS) is 15.8. The van der Waals surface area contributed by atoms with E-state index >= 15 is 0 Å². The molecule has 5 rings (SSSR count). The average molecular weight is 474 g/mol. The summed E-state index contributed by atoms with van der Waals surface area (Å²) in [6.45, 7) is 4.74. The van der Waals surface area contributed by atoms with Gasteiger partial charge in [0.05, 0.1) is 5.39 Å². The number of aromatic nitrogens is 3. The van der Waals surface area contributed by atoms with Crippen LogP contribution in [0.4, 0.5) is 10.2 Å². The number of nitrogens with zero attached hydrogens (tertiary/aromatic N) is 3. The molecule has 3 heterocycles. The van der Waals surface area contributed by atoms with E-state index in [2.05, 4.69) is 16.8 Å². The maximum absolute atomic E-state index is 13.5. The molecule has 1 atom stereocenters. The van der Waals surface area contributed by atoms with Crippen molar-refractivity contribution >= 4 is 22.6 Å². The summed E-state index contributed by atoms with van der Waals surface area (Å²) in [6.07, 6.45) is 4.87. The van der Waals surface area contributed by atoms with Gasteiger partial charge in [0.25, 0.3) is 5.56 Å². The zero-order chi connectivity index (χ0) is 24.5. The molecule has 1 saturated heterocycles. The highest BCUT2D eigenvalue weighted by atomic mass is 19.1. The minimum absolute atomic E-state index is 0.0325. The number of nitrogens with two attached hydrogens (primary N) is 1. The molecule has 1 aliphatic heterocycles. The quantitative estimate of drug-likeness (QED) is 0.424. The summed E-state index contributed by atoms with van der Waals surface area (Å²) in [4.78, 5) is 26.8. The van der Waals surface area contributed by atoms with Crippen molar-refractivity contribution in [2.45, 2.75) is 18.8 Å². The van der Waals surface area contributed by atoms with Crippen molar-refractivity contribution in [2.24, 2.45) is 0 Å². The molecule has 9 heteroatoms. The van der Waals surface area contributed by atoms with Crippen LogP contribution in [-0.2, 0) is 4.79 Å². The monoisotopic (exact) mass is 473 g/mol. The molecule has 4 aromatic rings. The maximum atomic E-state index is 13.5. The van der Waals surface area contributed by atoms with E-state index < -0.39 is 0 Å². The lowest BCUT2D eigenvalue weighted by Gasteiger charge is -2.32. The van der Waals surface area contributed by atoms with Crippen molar-refractivity contribution in [3.63, 3.8) is 0 Å². The van der Waals surface area contributed by atoms with Crippen LogP contribution < -0.4 is 16.0 Å². The number of likely N-dealkylation sites (tertiary alicyclic amines) is 1. The van der Waals surface area contributed by atoms with Crippen molar-refractivity contribution in [3.8, 4) is 17.2 Å². The van der Waals surface area contributed by atoms with Gasteiger partial charge < -0.3 is 19.9 Å². The Balaban J connectivity index is 1.53. The number of benzene rings is 2. The number of aromatic amines is 1. The van der Waals surface area contributed by atoms with Crippen LogP contribution in [0.25, 0.3) is 16.6 Å². The molecule has 1 aliphatic rings. The Bertz CT molecular complexity index is 1470. The van der Waals surface area contributed by atoms with Gasteiger partial charge in [-0.2, -0.15) is 5.10 Å². The molecule has 3 N–H and O–H groups in total. The summed E-state index contributed by atoms with van der Waals surface area (Å²) in [7, 11) is 0. The minimum atomic E-state index is -0.380. The molecule has 178 valence electrons. The first-order chi connectivity index (χ1) is 16.9. The van der Waals surface area contributed by atoms with Crippen molar-refractivity contribution in [1.82, 2.24) is 19.7 Å². The van der Waals surface area contributed by atoms with Crippen LogP contribution in [0.2, 0.25) is 0 Å². The van der Waals surface area contributed by atoms with E-state index in [4.69, 9.17) is 10.5 Å². The summed E-state index contributed by atoms with van der Waals surface area (Å²) in [5.74, 6) is 0.584. The molecular weight excluding hydrogens is 449 g/mol. The van der Waals surface area contributed by atoms with Gasteiger partial charge in [0, 0.05) is 37.0 Å². The van der Waals surface area contributed by atoms with Gasteiger partial charge in [-0.15, -0.1) is 0 Å². The topological polar surface area (TPSA) is 106 Å². The number of hydrogen-bond donors (Lipinski definition) is 2. The third-order valence-electron chi connectivity index (χ3n) is 6.28. The Morgan fingerprint density at radius 2 is 2.03 bits per heavy atom. The largest absolute Gasteiger partial charge is 0.457 e. The Morgan fingerprint density at radius 3 is 2.77 bits per heavy atom. The zero-order valence-electron chi connectivity index (χ0n) is 18.9. The molecular formula is C26H24FN5O3. The summed E-state index contributed by atoms with van der Waals surface area (Å²) < 4.78 is 21.0. The SMILES string of the molecule is C=CC(=O)N1CCCC(c2cn(-c3ccc(Oc4cccc(F)c4)cc3)c3c(N)n[nH]c(=O)c23)C1. The number of nitrogen functional groups attached to an aromatic ring is 1. The van der Waals surface area contributed by atoms with E-state index in [9.17, 15) is 14.0 Å². The van der Waals surface area contributed by atoms with Crippen LogP contribution in [0.5, 0.6) is 11.5 Å². The lowest BCUT2D eigenvalue weighted by molar-refractivity contribution is -0.127. The fraction of sp³-hybridized carbons (Fsp3) is 0.192. The second kappa shape index (κ2) is 9.09. The van der Waals surface area contributed by atoms with Gasteiger partial charge in [0.1, 0.15) is 22.8 Å². The van der Waals surface area contributed by atoms with Gasteiger partial charge in [-0.05, 0) is 60.9 Å². The molecule has 1 unspecified atom stereocenters. The van der Waals surface area contributed by atoms with Crippen LogP contribution in [0.15, 0.2) is 72.2 Å². The Kier molecular flexibility index (Phi) is 5.82. The fourth-order valence-electron chi connectivity index (χ4n) is 4.65. The van der Waals surface area contributed by atoms with E-state index in [1.165, 1.54) is 18.2 Å². The molecule has 0 aliphatic carbocycles. The number of ether oxygens (including phenoxy) is 1. The number of rotatable bonds is 5. The van der Waals surface area contributed by atoms with Gasteiger partial charge in [0.2, 0.25) is 5.91 Å². The van der Waals surface area contributed by atoms with Crippen LogP contribution in [0.1, 0.15) is 24.3 Å². The maximum Gasteiger partial charge on any atom is 0.274 e. The molecule has 1 amide bonds. The molecule has 0 saturated carbocycles. The molecule has 1 fully saturated rings. The number of piperidine rings is 1. The second-order valence-corrected chi connectivity index (χ2v) is 8.50. The molecule has 0 radical (unpaired) electrons. The predicted octanol–water partition coefficient (Wildman–Crippen LogP) is 4.12. The average Bonchev–Trinajstić information content (AvgIpc) is 3.28. The van der Waals surface area contributed by atoms with Gasteiger partial charge in [-0.25, -0.2) is 9.49 Å². The third kappa shape index (κ3) is 4.28. The van der Waals surface area contributed by atoms with Crippen LogP contribution >= 0.6 is 0 Å². The number of hydrogen-bond acceptors (Lipinski definition) is 5. The fourth-order valence-corrected chi connectivity index (χ4v) is 4.65. The van der Waals surface area contributed by atoms with E-state index in [0.717, 1.165) is 24.1 Å². The summed E-state index contributed by atoms with van der Waals surface area (Å²) in [6, 6.07) is 13.1. The summed E-state index contributed by atoms with van der Waals surface area (Å²) >= 11 is 0. The second-order valence-electron chi connectivity index (χ2n) is 8.50. The van der Waals surface area contributed by atoms with Gasteiger partial charge in [-0.3, -0.25) is 9.59 Å². The number of carbonyl (C=O) groups is 1. The predicted molar refractivity (Wildman–Crippen MR) is 131 cm³/mol. The molecule has 8 nitrogen and oxygen atoms in total. The van der Waals surface area contributed by atoms with Crippen LogP contribution in [-0.4, -0.2) is 38.7 Å². The molecule has 2 aromatic carbocycles. The standard InChI is InChI=1S/C26H24FN5O3/c1-2-22(33)31-12-4-5-16(14-31)21-15-32(24-23(21)26(34)30-29-25(24)28)18-8-10-19(11-9-18)35-20-7-3-6-17(27)13-20/h2-3,6-11,13,15-16H,1,4-5,12,14H2,(H2,28,29)(H,30,34). The van der Waals surface area contributed by atoms with E-state index in [-0.39, 0.29) is 29.0 Å². The van der Waals surface area contributed by atoms with E-state index in [0.29, 0.717) is 35.5 Å². The van der Waals surface area contributed by atoms with Crippen molar-refractivity contribution in [2.75, 3.05) is 18.8 Å². The Hall–Kier alpha value is -4.40. The smallest absolute Gasteiger partial charge is 0.274 e. The molecule has 2 aromatic heterocycles. The number of H-pyrrole nitrogens is 1. The van der Waals surface area contributed by atoms with E-state index in [1.807, 2.05) is 22.9 Å². The van der Waals surface area contributed by atoms with Crippen molar-refractivity contribution in [3.05, 3.63) is 89.1 Å². The lowest BCUT2D eigenvalue weighted by Crippen LogP contribution is -2.38. The highest BCUT2D eigenvalue weighted by Crippen LogP contribution is 2.35. The third-order valence-corrected chi connectivity index (χ3v) is 6.28. The first-order valence-corrected chi connectivity index (χ1v) is 11.3. The summed E-state index contributed by atoms with van der Waals surface area (Å²) in [5.41, 5.74) is 7.95. The highest BCUT2D eigenvalue weighted by Gasteiger charge is 2.28. The number of carbonyl (C=O) groups excluding carboxylic acids is 1. The molecule has 0 spiro atoms. The molecule has 35 heavy (non-hydrogen) atoms. The van der Waals surface area contributed by atoms with Gasteiger partial charge in [-0.1, -0.05) is 12.6 Å². The number of nitrogens with one attached hydrogen (secondary N) is 1. The molecule has 0 bridgehead atoms. The van der Waals surface area contributed by atoms with Crippen LogP contribution in [0, 0.1) is 5.82 Å². The Labute approximate surface area is 200 Å². The first kappa shape index (κ1) is 22.4. The number of anilines is 1. The highest BCUT2D eigenvalue weighted by molar-refractivity contribution is 5.92. The summed E-state index contributed by atoms with van der Waals surface area (Å²) in [5, 5.41) is 6.92.